The molecule has 14 aromatic rings. The number of fused-ring (bicyclic) bond motifs is 3. The van der Waals surface area contributed by atoms with E-state index in [1.54, 1.807) is 92.9 Å². The SMILES string of the molecule is CC(C(=O)N1CCN(c2ccc(S(=O)(=O)Nc3ccncn3)cc2)CC1)n1ccc2cc(Cl)ccc21.Cc1ccccc1C(CC(C)C)C(=O)N1CCN(c2ccc(S(=O)(=O)Nc3ccncn3)cc2)CC1.O=C(COc1ccnc2c(C(F)(F)F)cccc12)N1CCN(c2ccc(S(=O)(=O)Nc3ncns3)cc2)CC1.O=C1[C@@H](N2CCc3c2ccc(C(F)(F)F)c3Cl)CCN1c1ccc(S(=O)(=O)Nc2nccs2)cc1.[HH].[HH].[HH].[HH].[HH]. The number of rotatable bonds is 26. The Labute approximate surface area is 863 Å². The predicted octanol–water partition coefficient (Wildman–Crippen LogP) is 17.5. The van der Waals surface area contributed by atoms with E-state index in [-0.39, 0.29) is 112 Å². The number of thiazole rings is 1. The van der Waals surface area contributed by atoms with Gasteiger partial charge in [-0.2, -0.15) is 30.7 Å². The molecule has 4 N–H and O–H groups in total. The van der Waals surface area contributed by atoms with Crippen LogP contribution in [0.25, 0.3) is 21.8 Å². The molecule has 48 heteroatoms. The number of benzene rings is 8. The first-order valence-corrected chi connectivity index (χ1v) is 54.2. The number of nitrogens with one attached hydrogen (secondary N) is 4. The van der Waals surface area contributed by atoms with Gasteiger partial charge in [-0.1, -0.05) is 67.4 Å². The molecule has 0 saturated carbocycles. The maximum atomic E-state index is 13.6. The maximum absolute atomic E-state index is 13.6. The van der Waals surface area contributed by atoms with Crippen molar-refractivity contribution in [2.45, 2.75) is 96.9 Å². The van der Waals surface area contributed by atoms with E-state index in [1.807, 2.05) is 68.8 Å². The van der Waals surface area contributed by atoms with Crippen LogP contribution in [0.3, 0.4) is 0 Å². The van der Waals surface area contributed by atoms with Crippen molar-refractivity contribution in [1.29, 1.82) is 0 Å². The zero-order chi connectivity index (χ0) is 104. The summed E-state index contributed by atoms with van der Waals surface area (Å²) >= 11 is 14.2. The molecule has 0 bridgehead atoms. The minimum absolute atomic E-state index is 0. The van der Waals surface area contributed by atoms with Gasteiger partial charge in [-0.15, -0.1) is 11.3 Å². The second-order valence-electron chi connectivity index (χ2n) is 34.8. The third-order valence-corrected chi connectivity index (χ3v) is 32.7. The van der Waals surface area contributed by atoms with Crippen LogP contribution in [0.15, 0.2) is 269 Å². The van der Waals surface area contributed by atoms with Gasteiger partial charge in [0.05, 0.1) is 47.2 Å². The predicted molar refractivity (Wildman–Crippen MR) is 558 cm³/mol. The van der Waals surface area contributed by atoms with Gasteiger partial charge in [-0.05, 0) is 220 Å². The number of sulfonamides is 4. The normalized spacial score (nSPS) is 15.7. The molecule has 0 spiro atoms. The molecule has 4 fully saturated rings. The molecule has 5 aliphatic heterocycles. The van der Waals surface area contributed by atoms with Gasteiger partial charge in [-0.25, -0.2) is 63.6 Å². The summed E-state index contributed by atoms with van der Waals surface area (Å²) in [6, 6.07) is 51.2. The van der Waals surface area contributed by atoms with Crippen LogP contribution in [-0.2, 0) is 78.0 Å². The Morgan fingerprint density at radius 3 is 1.55 bits per heavy atom. The van der Waals surface area contributed by atoms with Gasteiger partial charge in [0.2, 0.25) is 22.9 Å². The van der Waals surface area contributed by atoms with Crippen LogP contribution in [0.1, 0.15) is 80.5 Å². The molecule has 8 aromatic carbocycles. The van der Waals surface area contributed by atoms with Crippen molar-refractivity contribution in [3.05, 3.63) is 287 Å². The maximum Gasteiger partial charge on any atom is 0.418 e. The van der Waals surface area contributed by atoms with Gasteiger partial charge in [-0.3, -0.25) is 43.1 Å². The monoisotopic (exact) mass is 2160 g/mol. The molecule has 6 aromatic heterocycles. The van der Waals surface area contributed by atoms with E-state index in [1.165, 1.54) is 104 Å². The number of carbonyl (C=O) groups excluding carboxylic acids is 4. The average Bonchev–Trinajstić information content (AvgIpc) is 1.57. The molecule has 34 nitrogen and oxygen atoms in total. The first-order valence-electron chi connectivity index (χ1n) is 45.9. The van der Waals surface area contributed by atoms with Gasteiger partial charge in [0, 0.05) is 196 Å². The number of nitrogens with zero attached hydrogens (tertiary/aromatic N) is 17. The summed E-state index contributed by atoms with van der Waals surface area (Å²) in [6.07, 6.45) is 3.92. The van der Waals surface area contributed by atoms with Crippen molar-refractivity contribution in [1.82, 2.24) is 58.5 Å². The van der Waals surface area contributed by atoms with E-state index >= 15 is 0 Å². The zero-order valence-electron chi connectivity index (χ0n) is 78.6. The standard InChI is InChI=1S/C27H33N5O3S.C25H25ClN6O3S.C24H21F3N6O4S2.C22H18ClF3N4O3S2.5H2/c1-20(2)18-25(24-7-5-4-6-21(24)3)27(33)32-16-14-31(15-17-32)22-8-10-23(11-9-22)36(34,35)30-26-12-13-28-19-29-26;1-18(32-11-9-19-16-20(26)2-7-23(19)32)25(33)31-14-12-30(13-15-31)21-3-5-22(6-4-21)36(34,35)29-24-8-10-27-17-28-24;25-24(26,27)19-3-1-2-18-20(8-9-28-22(18)19)37-14-21(34)33-12-10-32(11-13-33)16-4-6-17(7-5-16)39(35,36)31-23-29-15-30-38-23;23-19-15-7-10-30(17(15)6-5-16(19)22(24,25)26)18-8-11-29(20(18)31)13-1-3-14(4-2-13)35(32,33)28-21-27-9-12-34-21;;;;;/h4-13,19-20,25H,14-18H2,1-3H3,(H,28,29,30);2-11,16-18H,12-15H2,1H3,(H,27,28,29);1-9,15H,10-14H2,(H,29,30,31);1-6,9,12,18H,7-8,10-11H2,(H,27,28);5*1H/t;;;18-;;;;;/m...0...../s1. The minimum Gasteiger partial charge on any atom is -0.483 e. The highest BCUT2D eigenvalue weighted by Crippen LogP contribution is 2.45. The van der Waals surface area contributed by atoms with E-state index in [0.717, 1.165) is 80.5 Å². The van der Waals surface area contributed by atoms with Crippen molar-refractivity contribution < 1.29 is 91.1 Å². The number of anilines is 9. The van der Waals surface area contributed by atoms with Crippen LogP contribution in [0.4, 0.5) is 76.7 Å². The van der Waals surface area contributed by atoms with E-state index in [9.17, 15) is 79.2 Å². The number of amides is 4. The lowest BCUT2D eigenvalue weighted by molar-refractivity contribution is -0.138. The molecule has 5 aliphatic rings. The van der Waals surface area contributed by atoms with Gasteiger partial charge in [0.1, 0.15) is 48.5 Å². The van der Waals surface area contributed by atoms with Gasteiger partial charge < -0.3 is 48.5 Å². The number of carbonyl (C=O) groups is 4. The number of piperazine rings is 3. The highest BCUT2D eigenvalue weighted by atomic mass is 35.5. The van der Waals surface area contributed by atoms with Gasteiger partial charge in [0.15, 0.2) is 11.7 Å². The summed E-state index contributed by atoms with van der Waals surface area (Å²) in [5.74, 6) is 0.615. The molecule has 146 heavy (non-hydrogen) atoms. The second kappa shape index (κ2) is 45.0. The highest BCUT2D eigenvalue weighted by Gasteiger charge is 2.43. The number of para-hydroxylation sites is 1. The van der Waals surface area contributed by atoms with Crippen molar-refractivity contribution in [2.75, 3.05) is 142 Å². The Bertz CT molecular complexity index is 7520. The van der Waals surface area contributed by atoms with Crippen LogP contribution in [0.2, 0.25) is 10.0 Å². The second-order valence-corrected chi connectivity index (χ2v) is 44.0. The van der Waals surface area contributed by atoms with E-state index in [0.29, 0.717) is 132 Å². The molecule has 0 aliphatic carbocycles. The molecular formula is C98H107Cl2F6N21O13S6. The smallest absolute Gasteiger partial charge is 0.418 e. The van der Waals surface area contributed by atoms with E-state index in [4.69, 9.17) is 27.9 Å². The fourth-order valence-electron chi connectivity index (χ4n) is 17.7. The molecular weight excluding hydrogens is 2060 g/mol. The van der Waals surface area contributed by atoms with E-state index in [2.05, 4.69) is 101 Å². The molecule has 19 rings (SSSR count). The molecule has 11 heterocycles. The first kappa shape index (κ1) is 105. The average molecular weight is 2160 g/mol. The summed E-state index contributed by atoms with van der Waals surface area (Å²) in [6.45, 7) is 15.7. The lowest BCUT2D eigenvalue weighted by Gasteiger charge is -2.38. The Balaban J connectivity index is 0.000000189. The number of aromatic nitrogens is 9. The fourth-order valence-corrected chi connectivity index (χ4v) is 23.7. The Hall–Kier alpha value is -13.9. The number of pyridine rings is 1. The largest absolute Gasteiger partial charge is 0.483 e. The van der Waals surface area contributed by atoms with Crippen LogP contribution < -0.4 is 48.1 Å². The number of aryl methyl sites for hydroxylation is 1. The number of hydrogen-bond donors (Lipinski definition) is 4. The number of alkyl halides is 6. The van der Waals surface area contributed by atoms with Crippen molar-refractivity contribution in [2.24, 2.45) is 5.92 Å². The third-order valence-electron chi connectivity index (χ3n) is 25.1. The first-order chi connectivity index (χ1) is 69.7. The highest BCUT2D eigenvalue weighted by molar-refractivity contribution is 7.93. The minimum atomic E-state index is -4.56. The summed E-state index contributed by atoms with van der Waals surface area (Å²) in [5, 5.41) is 3.61. The molecule has 2 unspecified atom stereocenters. The topological polar surface area (TPSA) is 396 Å². The lowest BCUT2D eigenvalue weighted by atomic mass is 9.86. The van der Waals surface area contributed by atoms with Crippen molar-refractivity contribution in [3.63, 3.8) is 0 Å². The molecule has 3 atom stereocenters. The summed E-state index contributed by atoms with van der Waals surface area (Å²) < 4.78 is 201. The van der Waals surface area contributed by atoms with Gasteiger partial charge >= 0.3 is 12.4 Å². The Morgan fingerprint density at radius 1 is 0.514 bits per heavy atom. The van der Waals surface area contributed by atoms with Gasteiger partial charge in [0.25, 0.3) is 46.0 Å². The Morgan fingerprint density at radius 2 is 1.04 bits per heavy atom. The third kappa shape index (κ3) is 24.9. The quantitative estimate of drug-likeness (QED) is 0.0366. The van der Waals surface area contributed by atoms with Crippen molar-refractivity contribution >= 4 is 182 Å². The number of hydrogen-bond acceptors (Lipinski definition) is 27. The summed E-state index contributed by atoms with van der Waals surface area (Å²) in [4.78, 5) is 95.4. The lowest BCUT2D eigenvalue weighted by Crippen LogP contribution is -2.50. The number of ether oxygens (including phenoxy) is 1. The molecule has 774 valence electrons. The van der Waals surface area contributed by atoms with Crippen LogP contribution in [0, 0.1) is 12.8 Å². The molecule has 4 saturated heterocycles. The molecule has 4 amide bonds. The Kier molecular flexibility index (Phi) is 32.3. The van der Waals surface area contributed by atoms with E-state index < -0.39 is 69.6 Å². The number of halogens is 8. The van der Waals surface area contributed by atoms with Crippen LogP contribution in [-0.4, -0.2) is 220 Å². The summed E-state index contributed by atoms with van der Waals surface area (Å²) in [7, 11) is -15.1. The molecule has 0 radical (unpaired) electrons. The van der Waals surface area contributed by atoms with Crippen molar-refractivity contribution in [3.8, 4) is 5.75 Å². The van der Waals surface area contributed by atoms with Crippen LogP contribution >= 0.6 is 46.1 Å². The zero-order valence-corrected chi connectivity index (χ0v) is 85.0. The summed E-state index contributed by atoms with van der Waals surface area (Å²) in [5.41, 5.74) is 5.38. The fraction of sp³-hybridized carbons (Fsp3) is 0.286. The van der Waals surface area contributed by atoms with Crippen LogP contribution in [0.5, 0.6) is 5.75 Å².